The molecule has 1 heterocycles. The topological polar surface area (TPSA) is 86.6 Å². The second-order valence-electron chi connectivity index (χ2n) is 5.42. The highest BCUT2D eigenvalue weighted by Crippen LogP contribution is 2.37. The van der Waals surface area contributed by atoms with E-state index in [1.54, 1.807) is 23.9 Å². The third-order valence-electron chi connectivity index (χ3n) is 3.68. The van der Waals surface area contributed by atoms with Crippen LogP contribution in [0.1, 0.15) is 25.3 Å². The fraction of sp³-hybridized carbons (Fsp3) is 0.467. The van der Waals surface area contributed by atoms with Crippen molar-refractivity contribution in [3.05, 3.63) is 29.8 Å². The first-order chi connectivity index (χ1) is 9.90. The second-order valence-corrected chi connectivity index (χ2v) is 7.02. The summed E-state index contributed by atoms with van der Waals surface area (Å²) < 4.78 is -0.525. The number of rotatable bonds is 5. The Bertz CT molecular complexity index is 523. The molecule has 1 amide bonds. The third-order valence-corrected chi connectivity index (χ3v) is 5.20. The van der Waals surface area contributed by atoms with Crippen LogP contribution in [0.4, 0.5) is 0 Å². The first-order valence-corrected chi connectivity index (χ1v) is 7.85. The average Bonchev–Trinajstić information content (AvgIpc) is 2.88. The number of thioether (sulfide) groups is 1. The van der Waals surface area contributed by atoms with Crippen LogP contribution in [0.3, 0.4) is 0 Å². The van der Waals surface area contributed by atoms with Gasteiger partial charge in [0.05, 0.1) is 4.75 Å². The van der Waals surface area contributed by atoms with E-state index < -0.39 is 16.8 Å². The molecular weight excluding hydrogens is 290 g/mol. The number of benzene rings is 1. The molecule has 0 bridgehead atoms. The fourth-order valence-corrected chi connectivity index (χ4v) is 3.55. The molecule has 1 unspecified atom stereocenters. The van der Waals surface area contributed by atoms with E-state index in [9.17, 15) is 19.8 Å². The van der Waals surface area contributed by atoms with E-state index in [1.807, 2.05) is 6.92 Å². The molecule has 1 saturated heterocycles. The maximum atomic E-state index is 12.3. The smallest absolute Gasteiger partial charge is 0.326 e. The van der Waals surface area contributed by atoms with Crippen LogP contribution < -0.4 is 5.32 Å². The van der Waals surface area contributed by atoms with Gasteiger partial charge in [0.2, 0.25) is 5.91 Å². The predicted octanol–water partition coefficient (Wildman–Crippen LogP) is 1.79. The van der Waals surface area contributed by atoms with Gasteiger partial charge in [-0.05, 0) is 43.2 Å². The van der Waals surface area contributed by atoms with Gasteiger partial charge in [-0.2, -0.15) is 0 Å². The van der Waals surface area contributed by atoms with E-state index in [-0.39, 0.29) is 18.1 Å². The fourth-order valence-electron chi connectivity index (χ4n) is 2.34. The monoisotopic (exact) mass is 309 g/mol. The molecule has 1 aromatic carbocycles. The molecular formula is C15H19NO4S. The molecule has 1 fully saturated rings. The molecule has 6 heteroatoms. The molecule has 0 radical (unpaired) electrons. The summed E-state index contributed by atoms with van der Waals surface area (Å²) in [6.45, 7) is 1.86. The Hall–Kier alpha value is -1.69. The zero-order valence-corrected chi connectivity index (χ0v) is 12.7. The van der Waals surface area contributed by atoms with Crippen LogP contribution in [0.25, 0.3) is 0 Å². The van der Waals surface area contributed by atoms with Crippen molar-refractivity contribution in [3.63, 3.8) is 0 Å². The van der Waals surface area contributed by atoms with Crippen molar-refractivity contribution in [2.45, 2.75) is 37.0 Å². The van der Waals surface area contributed by atoms with Gasteiger partial charge in [0, 0.05) is 6.42 Å². The zero-order valence-electron chi connectivity index (χ0n) is 11.8. The molecule has 1 aromatic rings. The van der Waals surface area contributed by atoms with Crippen molar-refractivity contribution >= 4 is 23.6 Å². The SMILES string of the molecule is CC1(C(=O)N[C@@H](Cc2ccc(O)cc2)C(=O)O)CCCS1. The number of carbonyl (C=O) groups excluding carboxylic acids is 1. The molecule has 114 valence electrons. The normalized spacial score (nSPS) is 22.7. The number of aromatic hydroxyl groups is 1. The Balaban J connectivity index is 2.04. The lowest BCUT2D eigenvalue weighted by Gasteiger charge is -2.24. The number of hydrogen-bond acceptors (Lipinski definition) is 4. The van der Waals surface area contributed by atoms with Crippen molar-refractivity contribution in [1.29, 1.82) is 0 Å². The Kier molecular flexibility index (Phi) is 4.77. The van der Waals surface area contributed by atoms with Gasteiger partial charge in [-0.3, -0.25) is 4.79 Å². The van der Waals surface area contributed by atoms with Crippen molar-refractivity contribution in [1.82, 2.24) is 5.32 Å². The molecule has 0 aromatic heterocycles. The van der Waals surface area contributed by atoms with Crippen molar-refractivity contribution in [3.8, 4) is 5.75 Å². The summed E-state index contributed by atoms with van der Waals surface area (Å²) in [4.78, 5) is 23.6. The minimum absolute atomic E-state index is 0.129. The number of phenols is 1. The molecule has 1 aliphatic heterocycles. The van der Waals surface area contributed by atoms with Crippen LogP contribution in [0.2, 0.25) is 0 Å². The van der Waals surface area contributed by atoms with E-state index in [0.717, 1.165) is 24.2 Å². The highest BCUT2D eigenvalue weighted by molar-refractivity contribution is 8.01. The Labute approximate surface area is 127 Å². The minimum atomic E-state index is -1.05. The number of phenolic OH excluding ortho intramolecular Hbond substituents is 1. The minimum Gasteiger partial charge on any atom is -0.508 e. The van der Waals surface area contributed by atoms with E-state index in [4.69, 9.17) is 0 Å². The molecule has 0 aliphatic carbocycles. The summed E-state index contributed by atoms with van der Waals surface area (Å²) in [5, 5.41) is 21.2. The number of amides is 1. The lowest BCUT2D eigenvalue weighted by Crippen LogP contribution is -2.49. The summed E-state index contributed by atoms with van der Waals surface area (Å²) in [5.41, 5.74) is 0.754. The molecule has 3 N–H and O–H groups in total. The lowest BCUT2D eigenvalue weighted by atomic mass is 10.0. The van der Waals surface area contributed by atoms with Crippen LogP contribution in [0.15, 0.2) is 24.3 Å². The number of carboxylic acids is 1. The van der Waals surface area contributed by atoms with Crippen molar-refractivity contribution in [2.24, 2.45) is 0 Å². The van der Waals surface area contributed by atoms with Gasteiger partial charge in [0.1, 0.15) is 11.8 Å². The van der Waals surface area contributed by atoms with Crippen molar-refractivity contribution in [2.75, 3.05) is 5.75 Å². The summed E-state index contributed by atoms with van der Waals surface area (Å²) in [5.74, 6) is -0.205. The van der Waals surface area contributed by atoms with Gasteiger partial charge < -0.3 is 15.5 Å². The van der Waals surface area contributed by atoms with Crippen LogP contribution in [-0.4, -0.2) is 38.6 Å². The standard InChI is InChI=1S/C15H19NO4S/c1-15(7-2-8-21-15)14(20)16-12(13(18)19)9-10-3-5-11(17)6-4-10/h3-6,12,17H,2,7-9H2,1H3,(H,16,20)(H,18,19)/t12-,15?/m0/s1. The van der Waals surface area contributed by atoms with E-state index in [0.29, 0.717) is 0 Å². The molecule has 5 nitrogen and oxygen atoms in total. The van der Waals surface area contributed by atoms with Crippen LogP contribution in [-0.2, 0) is 16.0 Å². The molecule has 0 saturated carbocycles. The van der Waals surface area contributed by atoms with Crippen LogP contribution in [0.5, 0.6) is 5.75 Å². The maximum Gasteiger partial charge on any atom is 0.326 e. The van der Waals surface area contributed by atoms with Gasteiger partial charge in [0.25, 0.3) is 0 Å². The molecule has 0 spiro atoms. The quantitative estimate of drug-likeness (QED) is 0.772. The largest absolute Gasteiger partial charge is 0.508 e. The van der Waals surface area contributed by atoms with E-state index in [1.165, 1.54) is 12.1 Å². The highest BCUT2D eigenvalue weighted by Gasteiger charge is 2.38. The van der Waals surface area contributed by atoms with E-state index in [2.05, 4.69) is 5.32 Å². The van der Waals surface area contributed by atoms with Gasteiger partial charge in [-0.1, -0.05) is 12.1 Å². The van der Waals surface area contributed by atoms with Crippen molar-refractivity contribution < 1.29 is 19.8 Å². The lowest BCUT2D eigenvalue weighted by molar-refractivity contribution is -0.142. The predicted molar refractivity (Wildman–Crippen MR) is 81.5 cm³/mol. The van der Waals surface area contributed by atoms with Crippen LogP contribution >= 0.6 is 11.8 Å². The van der Waals surface area contributed by atoms with Gasteiger partial charge in [-0.25, -0.2) is 4.79 Å². The Morgan fingerprint density at radius 3 is 2.57 bits per heavy atom. The van der Waals surface area contributed by atoms with Crippen LogP contribution in [0, 0.1) is 0 Å². The summed E-state index contributed by atoms with van der Waals surface area (Å²) >= 11 is 1.58. The molecule has 2 rings (SSSR count). The molecule has 2 atom stereocenters. The van der Waals surface area contributed by atoms with E-state index >= 15 is 0 Å². The summed E-state index contributed by atoms with van der Waals surface area (Å²) in [6, 6.07) is 5.36. The third kappa shape index (κ3) is 3.91. The molecule has 1 aliphatic rings. The highest BCUT2D eigenvalue weighted by atomic mass is 32.2. The Morgan fingerprint density at radius 1 is 1.38 bits per heavy atom. The number of carbonyl (C=O) groups is 2. The van der Waals surface area contributed by atoms with Gasteiger partial charge in [0.15, 0.2) is 0 Å². The zero-order chi connectivity index (χ0) is 15.5. The summed E-state index contributed by atoms with van der Waals surface area (Å²) in [7, 11) is 0. The number of aliphatic carboxylic acids is 1. The number of carboxylic acid groups (broad SMARTS) is 1. The molecule has 21 heavy (non-hydrogen) atoms. The first-order valence-electron chi connectivity index (χ1n) is 6.86. The van der Waals surface area contributed by atoms with Gasteiger partial charge in [-0.15, -0.1) is 11.8 Å². The number of nitrogens with one attached hydrogen (secondary N) is 1. The summed E-state index contributed by atoms with van der Waals surface area (Å²) in [6.07, 6.45) is 1.95. The second kappa shape index (κ2) is 6.39. The van der Waals surface area contributed by atoms with Gasteiger partial charge >= 0.3 is 5.97 Å². The Morgan fingerprint density at radius 2 is 2.05 bits per heavy atom. The average molecular weight is 309 g/mol. The first kappa shape index (κ1) is 15.7. The maximum absolute atomic E-state index is 12.3. The number of hydrogen-bond donors (Lipinski definition) is 3.